The van der Waals surface area contributed by atoms with Gasteiger partial charge in [0.15, 0.2) is 34.5 Å². The molecule has 4 aliphatic carbocycles. The van der Waals surface area contributed by atoms with E-state index in [-0.39, 0.29) is 35.5 Å². The Morgan fingerprint density at radius 1 is 0.597 bits per heavy atom. The summed E-state index contributed by atoms with van der Waals surface area (Å²) in [5.41, 5.74) is 9.37. The third kappa shape index (κ3) is 8.41. The van der Waals surface area contributed by atoms with E-state index in [1.165, 1.54) is 34.4 Å². The second-order valence-corrected chi connectivity index (χ2v) is 16.9. The smallest absolute Gasteiger partial charge is 0.228 e. The van der Waals surface area contributed by atoms with Gasteiger partial charge in [0.05, 0.1) is 24.8 Å². The molecule has 0 aliphatic heterocycles. The fourth-order valence-corrected chi connectivity index (χ4v) is 8.47. The topological polar surface area (TPSA) is 170 Å². The molecule has 0 bridgehead atoms. The van der Waals surface area contributed by atoms with Crippen LogP contribution in [0.1, 0.15) is 102 Å². The molecular formula is C46H46F2N12O2. The number of pyridine rings is 2. The van der Waals surface area contributed by atoms with Crippen molar-refractivity contribution < 1.29 is 18.4 Å². The second kappa shape index (κ2) is 16.9. The highest BCUT2D eigenvalue weighted by Crippen LogP contribution is 2.35. The minimum absolute atomic E-state index is 0.153. The zero-order valence-corrected chi connectivity index (χ0v) is 34.9. The largest absolute Gasteiger partial charge is 0.351 e. The Labute approximate surface area is 356 Å². The van der Waals surface area contributed by atoms with Crippen LogP contribution >= 0.6 is 0 Å². The molecule has 0 amide bonds. The first-order valence-corrected chi connectivity index (χ1v) is 21.1. The molecule has 0 spiro atoms. The number of nitrogens with zero attached hydrogens (tertiary/aromatic N) is 10. The Balaban J connectivity index is 0.000000158. The molecule has 0 aromatic carbocycles. The average Bonchev–Trinajstić information content (AvgIpc) is 3.90. The van der Waals surface area contributed by atoms with E-state index in [0.717, 1.165) is 62.0 Å². The SMILES string of the molecule is CC(C)c1cnn2c(N[C@@H]3CCC4=C(C=CC(=O)C4)C3)nc(-c3cncc(F)c3)nc12.CC(C)c1cnn2c(N[C@H]3CCC4=C(C=CC(=O)C4)C3)nc(-c3cncc(F)c3)nc12. The van der Waals surface area contributed by atoms with Crippen molar-refractivity contribution in [1.82, 2.24) is 49.1 Å². The normalized spacial score (nSPS) is 18.7. The first-order chi connectivity index (χ1) is 29.9. The number of nitrogens with one attached hydrogen (secondary N) is 2. The summed E-state index contributed by atoms with van der Waals surface area (Å²) in [5.74, 6) is 1.89. The molecule has 14 nitrogen and oxygen atoms in total. The van der Waals surface area contributed by atoms with Gasteiger partial charge >= 0.3 is 0 Å². The van der Waals surface area contributed by atoms with Crippen molar-refractivity contribution in [2.75, 3.05) is 10.6 Å². The maximum absolute atomic E-state index is 13.8. The van der Waals surface area contributed by atoms with Crippen molar-refractivity contribution in [1.29, 1.82) is 0 Å². The van der Waals surface area contributed by atoms with Gasteiger partial charge in [-0.3, -0.25) is 19.6 Å². The molecule has 10 rings (SSSR count). The van der Waals surface area contributed by atoms with E-state index in [1.807, 2.05) is 24.5 Å². The summed E-state index contributed by atoms with van der Waals surface area (Å²) in [7, 11) is 0. The van der Waals surface area contributed by atoms with Crippen molar-refractivity contribution >= 4 is 34.8 Å². The van der Waals surface area contributed by atoms with Gasteiger partial charge in [0.25, 0.3) is 0 Å². The van der Waals surface area contributed by atoms with Gasteiger partial charge in [-0.1, -0.05) is 51.0 Å². The van der Waals surface area contributed by atoms with E-state index in [4.69, 9.17) is 0 Å². The molecule has 0 radical (unpaired) electrons. The molecule has 316 valence electrons. The van der Waals surface area contributed by atoms with Crippen molar-refractivity contribution in [3.8, 4) is 22.8 Å². The van der Waals surface area contributed by atoms with Crippen LogP contribution in [0.25, 0.3) is 34.1 Å². The molecule has 4 aliphatic rings. The lowest BCUT2D eigenvalue weighted by molar-refractivity contribution is -0.115. The standard InChI is InChI=1S/2C23H23FN6O/c2*1-13(2)20-12-26-30-22(20)28-21(16-7-17(24)11-25-10-16)29-23(30)27-18-5-3-15-9-19(31)6-4-14(15)8-18/h2*4,6-7,10-13,18H,3,5,8-9H2,1-2H3,(H,27,28,29)/t2*18-/m10/s1. The Morgan fingerprint density at radius 3 is 1.44 bits per heavy atom. The summed E-state index contributed by atoms with van der Waals surface area (Å²) in [5, 5.41) is 16.1. The number of carbonyl (C=O) groups is 2. The Kier molecular flexibility index (Phi) is 11.1. The summed E-state index contributed by atoms with van der Waals surface area (Å²) in [6.07, 6.45) is 22.6. The molecule has 2 N–H and O–H groups in total. The van der Waals surface area contributed by atoms with Gasteiger partial charge in [0.2, 0.25) is 11.9 Å². The maximum atomic E-state index is 13.8. The minimum atomic E-state index is -0.432. The molecule has 0 saturated heterocycles. The fourth-order valence-electron chi connectivity index (χ4n) is 8.47. The molecule has 2 atom stereocenters. The third-order valence-electron chi connectivity index (χ3n) is 11.8. The lowest BCUT2D eigenvalue weighted by atomic mass is 9.83. The molecule has 0 unspecified atom stereocenters. The van der Waals surface area contributed by atoms with E-state index in [1.54, 1.807) is 33.6 Å². The monoisotopic (exact) mass is 836 g/mol. The van der Waals surface area contributed by atoms with Gasteiger partial charge in [-0.15, -0.1) is 0 Å². The fraction of sp³-hybridized carbons (Fsp3) is 0.348. The van der Waals surface area contributed by atoms with Crippen LogP contribution in [0.4, 0.5) is 20.7 Å². The lowest BCUT2D eigenvalue weighted by Gasteiger charge is -2.28. The molecule has 6 heterocycles. The van der Waals surface area contributed by atoms with E-state index in [0.29, 0.717) is 58.8 Å². The predicted molar refractivity (Wildman–Crippen MR) is 230 cm³/mol. The molecule has 62 heavy (non-hydrogen) atoms. The minimum Gasteiger partial charge on any atom is -0.351 e. The average molecular weight is 837 g/mol. The molecule has 16 heteroatoms. The van der Waals surface area contributed by atoms with Gasteiger partial charge in [-0.2, -0.15) is 29.2 Å². The Bertz CT molecular complexity index is 2680. The predicted octanol–water partition coefficient (Wildman–Crippen LogP) is 8.48. The number of ketones is 2. The number of aromatic nitrogens is 10. The molecule has 6 aromatic heterocycles. The number of fused-ring (bicyclic) bond motifs is 2. The maximum Gasteiger partial charge on any atom is 0.228 e. The first-order valence-electron chi connectivity index (χ1n) is 21.1. The molecule has 0 saturated carbocycles. The second-order valence-electron chi connectivity index (χ2n) is 16.9. The summed E-state index contributed by atoms with van der Waals surface area (Å²) < 4.78 is 31.0. The first kappa shape index (κ1) is 40.6. The van der Waals surface area contributed by atoms with Crippen molar-refractivity contribution in [2.24, 2.45) is 0 Å². The number of halogens is 2. The van der Waals surface area contributed by atoms with Gasteiger partial charge < -0.3 is 10.6 Å². The highest BCUT2D eigenvalue weighted by molar-refractivity contribution is 5.94. The van der Waals surface area contributed by atoms with Crippen LogP contribution in [0, 0.1) is 11.6 Å². The van der Waals surface area contributed by atoms with Crippen molar-refractivity contribution in [3.05, 3.63) is 119 Å². The van der Waals surface area contributed by atoms with E-state index < -0.39 is 11.6 Å². The van der Waals surface area contributed by atoms with Gasteiger partial charge in [-0.25, -0.2) is 18.7 Å². The lowest BCUT2D eigenvalue weighted by Crippen LogP contribution is -2.27. The van der Waals surface area contributed by atoms with Crippen LogP contribution in [-0.2, 0) is 9.59 Å². The molecular weight excluding hydrogens is 791 g/mol. The summed E-state index contributed by atoms with van der Waals surface area (Å²) in [4.78, 5) is 50.0. The van der Waals surface area contributed by atoms with Crippen LogP contribution in [-0.4, -0.2) is 72.8 Å². The van der Waals surface area contributed by atoms with Crippen molar-refractivity contribution in [3.63, 3.8) is 0 Å². The zero-order valence-electron chi connectivity index (χ0n) is 34.9. The number of allylic oxidation sites excluding steroid dienone is 6. The van der Waals surface area contributed by atoms with E-state index in [9.17, 15) is 18.4 Å². The van der Waals surface area contributed by atoms with Crippen LogP contribution in [0.2, 0.25) is 0 Å². The molecule has 6 aromatic rings. The Morgan fingerprint density at radius 2 is 1.03 bits per heavy atom. The molecule has 0 fully saturated rings. The quantitative estimate of drug-likeness (QED) is 0.150. The van der Waals surface area contributed by atoms with E-state index >= 15 is 0 Å². The summed E-state index contributed by atoms with van der Waals surface area (Å²) in [6.45, 7) is 8.34. The highest BCUT2D eigenvalue weighted by atomic mass is 19.1. The van der Waals surface area contributed by atoms with Gasteiger partial charge in [0, 0.05) is 59.6 Å². The van der Waals surface area contributed by atoms with Crippen LogP contribution in [0.5, 0.6) is 0 Å². The van der Waals surface area contributed by atoms with Crippen LogP contribution in [0.15, 0.2) is 95.9 Å². The van der Waals surface area contributed by atoms with Crippen LogP contribution in [0.3, 0.4) is 0 Å². The number of hydrogen-bond donors (Lipinski definition) is 2. The van der Waals surface area contributed by atoms with Gasteiger partial charge in [-0.05, 0) is 85.8 Å². The number of hydrogen-bond acceptors (Lipinski definition) is 12. The Hall–Kier alpha value is -6.84. The zero-order chi connectivity index (χ0) is 43.1. The number of anilines is 2. The van der Waals surface area contributed by atoms with Crippen LogP contribution < -0.4 is 10.6 Å². The third-order valence-corrected chi connectivity index (χ3v) is 11.8. The summed E-state index contributed by atoms with van der Waals surface area (Å²) in [6, 6.07) is 3.07. The number of carbonyl (C=O) groups excluding carboxylic acids is 2. The van der Waals surface area contributed by atoms with Gasteiger partial charge in [0.1, 0.15) is 11.6 Å². The highest BCUT2D eigenvalue weighted by Gasteiger charge is 2.27. The van der Waals surface area contributed by atoms with E-state index in [2.05, 4.69) is 78.4 Å². The van der Waals surface area contributed by atoms with Crippen molar-refractivity contribution in [2.45, 2.75) is 103 Å². The number of rotatable bonds is 8. The summed E-state index contributed by atoms with van der Waals surface area (Å²) >= 11 is 0.